The van der Waals surface area contributed by atoms with Gasteiger partial charge in [0.05, 0.1) is 35.3 Å². The van der Waals surface area contributed by atoms with Gasteiger partial charge in [0, 0.05) is 25.8 Å². The Bertz CT molecular complexity index is 1010. The van der Waals surface area contributed by atoms with Crippen LogP contribution in [-0.4, -0.2) is 70.0 Å². The number of benzene rings is 2. The van der Waals surface area contributed by atoms with Gasteiger partial charge in [0.15, 0.2) is 0 Å². The number of amides is 2. The van der Waals surface area contributed by atoms with E-state index in [0.29, 0.717) is 37.7 Å². The fourth-order valence-electron chi connectivity index (χ4n) is 3.00. The maximum absolute atomic E-state index is 12.9. The van der Waals surface area contributed by atoms with Crippen LogP contribution in [0.3, 0.4) is 0 Å². The minimum absolute atomic E-state index is 0.0156. The number of para-hydroxylation sites is 1. The summed E-state index contributed by atoms with van der Waals surface area (Å²) in [6.45, 7) is 2.22. The molecule has 1 saturated heterocycles. The Labute approximate surface area is 186 Å². The van der Waals surface area contributed by atoms with Crippen LogP contribution in [0.25, 0.3) is 0 Å². The van der Waals surface area contributed by atoms with Gasteiger partial charge in [0.25, 0.3) is 10.0 Å². The molecule has 0 bridgehead atoms. The Morgan fingerprint density at radius 1 is 1.06 bits per heavy atom. The van der Waals surface area contributed by atoms with Crippen molar-refractivity contribution in [1.82, 2.24) is 4.90 Å². The summed E-state index contributed by atoms with van der Waals surface area (Å²) in [6.07, 6.45) is 0. The van der Waals surface area contributed by atoms with Gasteiger partial charge in [-0.2, -0.15) is 0 Å². The molecule has 0 saturated carbocycles. The lowest BCUT2D eigenvalue weighted by atomic mass is 10.3. The van der Waals surface area contributed by atoms with Gasteiger partial charge < -0.3 is 15.0 Å². The molecule has 0 aliphatic carbocycles. The molecule has 10 heteroatoms. The molecule has 2 aromatic carbocycles. The summed E-state index contributed by atoms with van der Waals surface area (Å²) in [6, 6.07) is 14.9. The van der Waals surface area contributed by atoms with Crippen LogP contribution in [0.1, 0.15) is 0 Å². The van der Waals surface area contributed by atoms with Crippen LogP contribution in [0.2, 0.25) is 0 Å². The Morgan fingerprint density at radius 2 is 1.77 bits per heavy atom. The van der Waals surface area contributed by atoms with Gasteiger partial charge in [-0.15, -0.1) is 11.8 Å². The number of rotatable bonds is 8. The molecule has 2 amide bonds. The molecule has 1 heterocycles. The summed E-state index contributed by atoms with van der Waals surface area (Å²) in [5.41, 5.74) is 0.922. The fraction of sp³-hybridized carbons (Fsp3) is 0.333. The predicted octanol–water partition coefficient (Wildman–Crippen LogP) is 2.04. The third-order valence-corrected chi connectivity index (χ3v) is 7.42. The van der Waals surface area contributed by atoms with Crippen LogP contribution in [0.4, 0.5) is 11.4 Å². The minimum Gasteiger partial charge on any atom is -0.378 e. The molecule has 1 aliphatic heterocycles. The average Bonchev–Trinajstić information content (AvgIpc) is 2.79. The second-order valence-electron chi connectivity index (χ2n) is 6.87. The summed E-state index contributed by atoms with van der Waals surface area (Å²) < 4.78 is 32.3. The molecule has 8 nitrogen and oxygen atoms in total. The number of anilines is 2. The maximum atomic E-state index is 12.9. The molecular weight excluding hydrogens is 438 g/mol. The predicted molar refractivity (Wildman–Crippen MR) is 122 cm³/mol. The van der Waals surface area contributed by atoms with Crippen LogP contribution in [0.15, 0.2) is 59.5 Å². The van der Waals surface area contributed by atoms with Crippen molar-refractivity contribution in [2.75, 3.05) is 54.5 Å². The van der Waals surface area contributed by atoms with Crippen molar-refractivity contribution < 1.29 is 22.7 Å². The summed E-state index contributed by atoms with van der Waals surface area (Å²) in [7, 11) is -2.29. The number of nitrogens with one attached hydrogen (secondary N) is 1. The molecule has 0 spiro atoms. The summed E-state index contributed by atoms with van der Waals surface area (Å²) in [4.78, 5) is 26.2. The third kappa shape index (κ3) is 6.22. The van der Waals surface area contributed by atoms with Gasteiger partial charge in [-0.05, 0) is 30.3 Å². The molecule has 1 N–H and O–H groups in total. The topological polar surface area (TPSA) is 96.0 Å². The Balaban J connectivity index is 1.56. The molecule has 0 unspecified atom stereocenters. The Kier molecular flexibility index (Phi) is 7.94. The average molecular weight is 464 g/mol. The van der Waals surface area contributed by atoms with Gasteiger partial charge in [-0.25, -0.2) is 8.42 Å². The second-order valence-corrected chi connectivity index (χ2v) is 9.82. The van der Waals surface area contributed by atoms with E-state index < -0.39 is 10.0 Å². The van der Waals surface area contributed by atoms with E-state index in [9.17, 15) is 18.0 Å². The lowest BCUT2D eigenvalue weighted by Gasteiger charge is -2.26. The van der Waals surface area contributed by atoms with Crippen molar-refractivity contribution in [2.24, 2.45) is 0 Å². The van der Waals surface area contributed by atoms with Crippen LogP contribution in [0.5, 0.6) is 0 Å². The largest absolute Gasteiger partial charge is 0.378 e. The zero-order valence-electron chi connectivity index (χ0n) is 17.2. The fourth-order valence-corrected chi connectivity index (χ4v) is 4.96. The number of sulfonamides is 1. The van der Waals surface area contributed by atoms with Gasteiger partial charge in [0.1, 0.15) is 0 Å². The Morgan fingerprint density at radius 3 is 2.48 bits per heavy atom. The first kappa shape index (κ1) is 23.1. The lowest BCUT2D eigenvalue weighted by Crippen LogP contribution is -2.41. The van der Waals surface area contributed by atoms with E-state index in [2.05, 4.69) is 5.32 Å². The smallest absolute Gasteiger partial charge is 0.264 e. The monoisotopic (exact) mass is 463 g/mol. The molecule has 1 aliphatic rings. The normalized spacial score (nSPS) is 14.2. The van der Waals surface area contributed by atoms with E-state index >= 15 is 0 Å². The summed E-state index contributed by atoms with van der Waals surface area (Å²) >= 11 is 1.22. The van der Waals surface area contributed by atoms with Crippen molar-refractivity contribution in [1.29, 1.82) is 0 Å². The second kappa shape index (κ2) is 10.7. The van der Waals surface area contributed by atoms with Crippen LogP contribution >= 0.6 is 11.8 Å². The molecule has 2 aromatic rings. The minimum atomic E-state index is -3.77. The van der Waals surface area contributed by atoms with E-state index in [0.717, 1.165) is 0 Å². The number of hydrogen-bond donors (Lipinski definition) is 1. The van der Waals surface area contributed by atoms with Crippen molar-refractivity contribution in [2.45, 2.75) is 4.90 Å². The van der Waals surface area contributed by atoms with Gasteiger partial charge >= 0.3 is 0 Å². The van der Waals surface area contributed by atoms with E-state index in [1.54, 1.807) is 41.3 Å². The number of carbonyl (C=O) groups is 2. The molecule has 31 heavy (non-hydrogen) atoms. The summed E-state index contributed by atoms with van der Waals surface area (Å²) in [5.74, 6) is -0.00962. The van der Waals surface area contributed by atoms with Gasteiger partial charge in [-0.3, -0.25) is 13.9 Å². The highest BCUT2D eigenvalue weighted by molar-refractivity contribution is 8.00. The number of thioether (sulfide) groups is 1. The number of morpholine rings is 1. The molecule has 0 atom stereocenters. The molecule has 0 radical (unpaired) electrons. The first-order valence-electron chi connectivity index (χ1n) is 9.75. The number of ether oxygens (including phenoxy) is 1. The highest BCUT2D eigenvalue weighted by atomic mass is 32.2. The molecule has 166 valence electrons. The van der Waals surface area contributed by atoms with Crippen molar-refractivity contribution in [3.05, 3.63) is 54.6 Å². The highest BCUT2D eigenvalue weighted by Gasteiger charge is 2.22. The van der Waals surface area contributed by atoms with E-state index in [-0.39, 0.29) is 28.2 Å². The maximum Gasteiger partial charge on any atom is 0.264 e. The third-order valence-electron chi connectivity index (χ3n) is 4.72. The zero-order chi connectivity index (χ0) is 22.3. The Hall–Kier alpha value is -2.56. The van der Waals surface area contributed by atoms with Gasteiger partial charge in [0.2, 0.25) is 11.8 Å². The standard InChI is InChI=1S/C21H25N3O5S2/c1-23(18-7-3-2-4-8-18)31(27,28)19-9-5-6-17(14-19)22-20(25)15-30-16-21(26)24-10-12-29-13-11-24/h2-9,14H,10-13,15-16H2,1H3,(H,22,25). The number of carbonyl (C=O) groups excluding carboxylic acids is 2. The highest BCUT2D eigenvalue weighted by Crippen LogP contribution is 2.23. The first-order valence-corrected chi connectivity index (χ1v) is 12.3. The SMILES string of the molecule is CN(c1ccccc1)S(=O)(=O)c1cccc(NC(=O)CSCC(=O)N2CCOCC2)c1. The van der Waals surface area contributed by atoms with Crippen molar-refractivity contribution in [3.63, 3.8) is 0 Å². The molecule has 0 aromatic heterocycles. The molecular formula is C21H25N3O5S2. The zero-order valence-corrected chi connectivity index (χ0v) is 18.8. The number of hydrogen-bond acceptors (Lipinski definition) is 6. The van der Waals surface area contributed by atoms with Crippen LogP contribution in [0, 0.1) is 0 Å². The van der Waals surface area contributed by atoms with Crippen LogP contribution < -0.4 is 9.62 Å². The lowest BCUT2D eigenvalue weighted by molar-refractivity contribution is -0.132. The van der Waals surface area contributed by atoms with E-state index in [1.165, 1.54) is 35.2 Å². The molecule has 1 fully saturated rings. The van der Waals surface area contributed by atoms with Crippen molar-refractivity contribution >= 4 is 45.0 Å². The quantitative estimate of drug-likeness (QED) is 0.644. The number of nitrogens with zero attached hydrogens (tertiary/aromatic N) is 2. The molecule has 3 rings (SSSR count). The first-order chi connectivity index (χ1) is 14.9. The van der Waals surface area contributed by atoms with E-state index in [4.69, 9.17) is 4.74 Å². The van der Waals surface area contributed by atoms with Crippen molar-refractivity contribution in [3.8, 4) is 0 Å². The van der Waals surface area contributed by atoms with Gasteiger partial charge in [-0.1, -0.05) is 24.3 Å². The van der Waals surface area contributed by atoms with E-state index in [1.807, 2.05) is 6.07 Å². The summed E-state index contributed by atoms with van der Waals surface area (Å²) in [5, 5.41) is 2.70. The van der Waals surface area contributed by atoms with Crippen LogP contribution in [-0.2, 0) is 24.3 Å².